The summed E-state index contributed by atoms with van der Waals surface area (Å²) in [6.45, 7) is 9.57. The van der Waals surface area contributed by atoms with Crippen LogP contribution < -0.4 is 10.6 Å². The zero-order valence-electron chi connectivity index (χ0n) is 16.5. The Morgan fingerprint density at radius 3 is 2.65 bits per heavy atom. The Morgan fingerprint density at radius 1 is 1.27 bits per heavy atom. The number of nitrogens with zero attached hydrogens (tertiary/aromatic N) is 3. The van der Waals surface area contributed by atoms with E-state index in [0.29, 0.717) is 19.8 Å². The summed E-state index contributed by atoms with van der Waals surface area (Å²) < 4.78 is 5.56. The number of benzene rings is 1. The fourth-order valence-electron chi connectivity index (χ4n) is 2.30. The highest BCUT2D eigenvalue weighted by molar-refractivity contribution is 5.78. The Labute approximate surface area is 156 Å². The lowest BCUT2D eigenvalue weighted by molar-refractivity contribution is -0.120. The summed E-state index contributed by atoms with van der Waals surface area (Å²) in [5.41, 5.74) is 9.86. The van der Waals surface area contributed by atoms with Crippen LogP contribution in [0.4, 0.5) is 0 Å². The van der Waals surface area contributed by atoms with Crippen molar-refractivity contribution in [1.82, 2.24) is 10.6 Å². The average molecular weight is 361 g/mol. The largest absolute Gasteiger partial charge is 0.380 e. The van der Waals surface area contributed by atoms with E-state index in [9.17, 15) is 4.79 Å². The summed E-state index contributed by atoms with van der Waals surface area (Å²) in [5, 5.41) is 9.90. The van der Waals surface area contributed by atoms with Crippen LogP contribution in [0.25, 0.3) is 10.4 Å². The fraction of sp³-hybridized carbons (Fsp3) is 0.632. The molecular weight excluding hydrogens is 330 g/mol. The molecular formula is C19H31N5O2. The summed E-state index contributed by atoms with van der Waals surface area (Å²) in [6, 6.07) is 7.58. The first-order valence-electron chi connectivity index (χ1n) is 8.89. The smallest absolute Gasteiger partial charge is 0.224 e. The van der Waals surface area contributed by atoms with Crippen LogP contribution in [0.3, 0.4) is 0 Å². The first-order valence-corrected chi connectivity index (χ1v) is 8.89. The highest BCUT2D eigenvalue weighted by atomic mass is 16.5. The predicted octanol–water partition coefficient (Wildman–Crippen LogP) is 3.30. The monoisotopic (exact) mass is 361 g/mol. The van der Waals surface area contributed by atoms with Crippen molar-refractivity contribution >= 4 is 5.91 Å². The number of nitrogens with one attached hydrogen (secondary N) is 2. The Kier molecular flexibility index (Phi) is 8.58. The molecule has 0 fully saturated rings. The molecule has 0 saturated carbocycles. The maximum atomic E-state index is 12.1. The minimum Gasteiger partial charge on any atom is -0.380 e. The van der Waals surface area contributed by atoms with Gasteiger partial charge in [-0.2, -0.15) is 0 Å². The zero-order valence-corrected chi connectivity index (χ0v) is 16.5. The van der Waals surface area contributed by atoms with E-state index < -0.39 is 5.54 Å². The van der Waals surface area contributed by atoms with Gasteiger partial charge in [0.25, 0.3) is 0 Å². The normalized spacial score (nSPS) is 11.7. The quantitative estimate of drug-likeness (QED) is 0.274. The Balaban J connectivity index is 2.39. The van der Waals surface area contributed by atoms with E-state index in [2.05, 4.69) is 34.5 Å². The molecule has 0 bridgehead atoms. The van der Waals surface area contributed by atoms with Crippen LogP contribution in [0.1, 0.15) is 45.2 Å². The lowest BCUT2D eigenvalue weighted by Crippen LogP contribution is -2.37. The van der Waals surface area contributed by atoms with Crippen molar-refractivity contribution in [2.45, 2.75) is 51.6 Å². The molecule has 0 aliphatic carbocycles. The maximum absolute atomic E-state index is 12.1. The molecule has 1 aromatic carbocycles. The number of ether oxygens (including phenoxy) is 1. The van der Waals surface area contributed by atoms with Gasteiger partial charge in [-0.05, 0) is 44.0 Å². The summed E-state index contributed by atoms with van der Waals surface area (Å²) >= 11 is 0. The second-order valence-corrected chi connectivity index (χ2v) is 7.47. The predicted molar refractivity (Wildman–Crippen MR) is 104 cm³/mol. The Bertz CT molecular complexity index is 637. The van der Waals surface area contributed by atoms with Crippen LogP contribution in [0.2, 0.25) is 0 Å². The summed E-state index contributed by atoms with van der Waals surface area (Å²) in [5.74, 6) is -0.0529. The van der Waals surface area contributed by atoms with Gasteiger partial charge >= 0.3 is 0 Å². The number of rotatable bonds is 11. The van der Waals surface area contributed by atoms with Crippen LogP contribution in [-0.2, 0) is 21.5 Å². The van der Waals surface area contributed by atoms with Crippen molar-refractivity contribution in [2.75, 3.05) is 26.8 Å². The first-order chi connectivity index (χ1) is 12.2. The van der Waals surface area contributed by atoms with Crippen LogP contribution in [-0.4, -0.2) is 38.3 Å². The number of carbonyl (C=O) groups is 1. The molecule has 0 aliphatic heterocycles. The third kappa shape index (κ3) is 7.87. The fourth-order valence-corrected chi connectivity index (χ4v) is 2.30. The van der Waals surface area contributed by atoms with E-state index in [4.69, 9.17) is 10.3 Å². The van der Waals surface area contributed by atoms with Gasteiger partial charge in [0, 0.05) is 23.6 Å². The second kappa shape index (κ2) is 10.2. The van der Waals surface area contributed by atoms with Crippen molar-refractivity contribution in [3.63, 3.8) is 0 Å². The van der Waals surface area contributed by atoms with Gasteiger partial charge in [0.1, 0.15) is 0 Å². The Hall–Kier alpha value is -2.08. The minimum atomic E-state index is -0.643. The molecule has 0 heterocycles. The molecule has 0 radical (unpaired) electrons. The maximum Gasteiger partial charge on any atom is 0.224 e. The number of carbonyl (C=O) groups excluding carboxylic acids is 1. The highest BCUT2D eigenvalue weighted by Crippen LogP contribution is 2.25. The molecule has 0 atom stereocenters. The second-order valence-electron chi connectivity index (χ2n) is 7.47. The van der Waals surface area contributed by atoms with E-state index in [-0.39, 0.29) is 17.9 Å². The van der Waals surface area contributed by atoms with Gasteiger partial charge in [0.15, 0.2) is 0 Å². The van der Waals surface area contributed by atoms with Gasteiger partial charge in [-0.1, -0.05) is 43.2 Å². The molecule has 1 amide bonds. The van der Waals surface area contributed by atoms with Gasteiger partial charge in [-0.25, -0.2) is 0 Å². The van der Waals surface area contributed by atoms with Crippen molar-refractivity contribution in [1.29, 1.82) is 0 Å². The minimum absolute atomic E-state index is 0.0529. The average Bonchev–Trinajstić information content (AvgIpc) is 2.58. The van der Waals surface area contributed by atoms with Crippen LogP contribution >= 0.6 is 0 Å². The highest BCUT2D eigenvalue weighted by Gasteiger charge is 2.19. The van der Waals surface area contributed by atoms with Crippen LogP contribution in [0, 0.1) is 0 Å². The summed E-state index contributed by atoms with van der Waals surface area (Å²) in [4.78, 5) is 15.0. The molecule has 26 heavy (non-hydrogen) atoms. The SMILES string of the molecule is CNC(C)(C)CCOCCNC(=O)Cc1cccc(C(C)(C)N=[N+]=[N-])c1. The number of hydrogen-bond acceptors (Lipinski definition) is 4. The van der Waals surface area contributed by atoms with Crippen LogP contribution in [0.15, 0.2) is 29.4 Å². The Morgan fingerprint density at radius 2 is 2.00 bits per heavy atom. The summed E-state index contributed by atoms with van der Waals surface area (Å²) in [7, 11) is 1.93. The van der Waals surface area contributed by atoms with Gasteiger partial charge in [0.05, 0.1) is 18.6 Å². The lowest BCUT2D eigenvalue weighted by Gasteiger charge is -2.23. The molecule has 144 valence electrons. The summed E-state index contributed by atoms with van der Waals surface area (Å²) in [6.07, 6.45) is 1.19. The van der Waals surface area contributed by atoms with Crippen molar-refractivity contribution in [3.05, 3.63) is 45.8 Å². The van der Waals surface area contributed by atoms with E-state index in [1.165, 1.54) is 0 Å². The van der Waals surface area contributed by atoms with Crippen molar-refractivity contribution in [3.8, 4) is 0 Å². The van der Waals surface area contributed by atoms with Crippen LogP contribution in [0.5, 0.6) is 0 Å². The van der Waals surface area contributed by atoms with E-state index in [1.807, 2.05) is 45.2 Å². The number of amides is 1. The molecule has 7 nitrogen and oxygen atoms in total. The number of azide groups is 1. The molecule has 0 aliphatic rings. The van der Waals surface area contributed by atoms with Crippen molar-refractivity contribution < 1.29 is 9.53 Å². The van der Waals surface area contributed by atoms with E-state index in [1.54, 1.807) is 0 Å². The van der Waals surface area contributed by atoms with Gasteiger partial charge in [-0.3, -0.25) is 4.79 Å². The molecule has 0 spiro atoms. The van der Waals surface area contributed by atoms with E-state index in [0.717, 1.165) is 17.5 Å². The van der Waals surface area contributed by atoms with Gasteiger partial charge in [-0.15, -0.1) is 0 Å². The first kappa shape index (κ1) is 22.0. The molecule has 1 aromatic rings. The number of hydrogen-bond donors (Lipinski definition) is 2. The standard InChI is InChI=1S/C19H31N5O2/c1-18(2,21-5)9-11-26-12-10-22-17(25)14-15-7-6-8-16(13-15)19(3,4)23-24-20/h6-8,13,21H,9-12,14H2,1-5H3,(H,22,25). The van der Waals surface area contributed by atoms with E-state index >= 15 is 0 Å². The lowest BCUT2D eigenvalue weighted by atomic mass is 9.93. The third-order valence-corrected chi connectivity index (χ3v) is 4.41. The molecule has 2 N–H and O–H groups in total. The zero-order chi connectivity index (χ0) is 19.6. The molecule has 0 saturated heterocycles. The molecule has 0 aromatic heterocycles. The van der Waals surface area contributed by atoms with Gasteiger partial charge < -0.3 is 15.4 Å². The third-order valence-electron chi connectivity index (χ3n) is 4.41. The molecule has 1 rings (SSSR count). The molecule has 0 unspecified atom stereocenters. The van der Waals surface area contributed by atoms with Gasteiger partial charge in [0.2, 0.25) is 5.91 Å². The molecule has 7 heteroatoms. The van der Waals surface area contributed by atoms with Crippen molar-refractivity contribution in [2.24, 2.45) is 5.11 Å². The topological polar surface area (TPSA) is 99.1 Å².